The number of fused-ring (bicyclic) bond motifs is 1. The molecule has 0 fully saturated rings. The molecule has 0 saturated carbocycles. The lowest BCUT2D eigenvalue weighted by Crippen LogP contribution is -2.31. The monoisotopic (exact) mass is 315 g/mol. The van der Waals surface area contributed by atoms with Crippen LogP contribution in [0.5, 0.6) is 0 Å². The van der Waals surface area contributed by atoms with Crippen molar-refractivity contribution in [2.75, 3.05) is 5.32 Å². The molecular formula is C15H17N5OS. The largest absolute Gasteiger partial charge is 0.330 e. The van der Waals surface area contributed by atoms with Crippen LogP contribution in [0.25, 0.3) is 10.9 Å². The summed E-state index contributed by atoms with van der Waals surface area (Å²) in [6.07, 6.45) is 2.64. The van der Waals surface area contributed by atoms with Crippen molar-refractivity contribution < 1.29 is 4.79 Å². The van der Waals surface area contributed by atoms with Crippen LogP contribution in [0.2, 0.25) is 0 Å². The number of anilines is 1. The number of carbonyl (C=O) groups is 1. The lowest BCUT2D eigenvalue weighted by Gasteiger charge is -2.12. The summed E-state index contributed by atoms with van der Waals surface area (Å²) in [6.45, 7) is 3.99. The van der Waals surface area contributed by atoms with E-state index >= 15 is 0 Å². The van der Waals surface area contributed by atoms with E-state index in [-0.39, 0.29) is 12.1 Å². The Morgan fingerprint density at radius 1 is 1.45 bits per heavy atom. The molecular weight excluding hydrogens is 298 g/mol. The van der Waals surface area contributed by atoms with Crippen LogP contribution in [0.3, 0.4) is 0 Å². The minimum atomic E-state index is -0.249. The zero-order valence-corrected chi connectivity index (χ0v) is 13.2. The number of benzene rings is 1. The van der Waals surface area contributed by atoms with Gasteiger partial charge in [-0.05, 0) is 31.5 Å². The van der Waals surface area contributed by atoms with Gasteiger partial charge < -0.3 is 10.6 Å². The molecule has 2 aromatic heterocycles. The van der Waals surface area contributed by atoms with Crippen molar-refractivity contribution in [2.45, 2.75) is 26.3 Å². The van der Waals surface area contributed by atoms with E-state index in [1.165, 1.54) is 0 Å². The lowest BCUT2D eigenvalue weighted by atomic mass is 10.2. The van der Waals surface area contributed by atoms with Gasteiger partial charge in [-0.2, -0.15) is 5.10 Å². The van der Waals surface area contributed by atoms with Gasteiger partial charge in [0.05, 0.1) is 28.5 Å². The fourth-order valence-corrected chi connectivity index (χ4v) is 2.98. The van der Waals surface area contributed by atoms with Crippen molar-refractivity contribution in [1.82, 2.24) is 20.5 Å². The molecule has 3 N–H and O–H groups in total. The minimum absolute atomic E-state index is 0.130. The normalized spacial score (nSPS) is 12.3. The van der Waals surface area contributed by atoms with Gasteiger partial charge in [-0.25, -0.2) is 9.78 Å². The molecule has 1 unspecified atom stereocenters. The number of rotatable bonds is 4. The van der Waals surface area contributed by atoms with Crippen LogP contribution in [0.15, 0.2) is 29.8 Å². The quantitative estimate of drug-likeness (QED) is 0.689. The molecule has 0 radical (unpaired) electrons. The molecule has 0 aliphatic carbocycles. The number of urea groups is 1. The molecule has 22 heavy (non-hydrogen) atoms. The fourth-order valence-electron chi connectivity index (χ4n) is 2.14. The Morgan fingerprint density at radius 2 is 2.32 bits per heavy atom. The third-order valence-electron chi connectivity index (χ3n) is 3.36. The molecule has 1 aromatic carbocycles. The Hall–Kier alpha value is -2.41. The van der Waals surface area contributed by atoms with Crippen molar-refractivity contribution in [3.63, 3.8) is 0 Å². The maximum atomic E-state index is 12.1. The number of amides is 2. The number of nitrogens with zero attached hydrogens (tertiary/aromatic N) is 2. The summed E-state index contributed by atoms with van der Waals surface area (Å²) in [5.41, 5.74) is 2.56. The first-order chi connectivity index (χ1) is 10.7. The summed E-state index contributed by atoms with van der Waals surface area (Å²) in [5.74, 6) is 0. The van der Waals surface area contributed by atoms with E-state index in [9.17, 15) is 4.79 Å². The highest BCUT2D eigenvalue weighted by Gasteiger charge is 2.13. The first kappa shape index (κ1) is 14.5. The molecule has 0 aliphatic heterocycles. The van der Waals surface area contributed by atoms with E-state index in [1.54, 1.807) is 17.5 Å². The molecule has 3 aromatic rings. The van der Waals surface area contributed by atoms with Crippen molar-refractivity contribution in [2.24, 2.45) is 0 Å². The Kier molecular flexibility index (Phi) is 4.06. The van der Waals surface area contributed by atoms with Gasteiger partial charge >= 0.3 is 6.03 Å². The summed E-state index contributed by atoms with van der Waals surface area (Å²) >= 11 is 1.62. The van der Waals surface area contributed by atoms with E-state index in [0.717, 1.165) is 33.7 Å². The van der Waals surface area contributed by atoms with E-state index < -0.39 is 0 Å². The van der Waals surface area contributed by atoms with Crippen LogP contribution in [0, 0.1) is 0 Å². The van der Waals surface area contributed by atoms with Gasteiger partial charge in [-0.1, -0.05) is 6.92 Å². The lowest BCUT2D eigenvalue weighted by molar-refractivity contribution is 0.249. The van der Waals surface area contributed by atoms with Crippen molar-refractivity contribution in [3.8, 4) is 0 Å². The number of aromatic amines is 1. The third-order valence-corrected chi connectivity index (χ3v) is 4.37. The Bertz CT molecular complexity index is 794. The molecule has 2 heterocycles. The SMILES string of the molecule is CCc1nc(C(C)NC(=O)Nc2ccc3[nH]ncc3c2)cs1. The van der Waals surface area contributed by atoms with E-state index in [2.05, 4.69) is 32.7 Å². The van der Waals surface area contributed by atoms with Gasteiger partial charge in [0.1, 0.15) is 0 Å². The highest BCUT2D eigenvalue weighted by Crippen LogP contribution is 2.18. The van der Waals surface area contributed by atoms with Crippen molar-refractivity contribution in [3.05, 3.63) is 40.5 Å². The van der Waals surface area contributed by atoms with Crippen LogP contribution < -0.4 is 10.6 Å². The molecule has 7 heteroatoms. The molecule has 6 nitrogen and oxygen atoms in total. The summed E-state index contributed by atoms with van der Waals surface area (Å²) in [7, 11) is 0. The number of carbonyl (C=O) groups excluding carboxylic acids is 1. The molecule has 114 valence electrons. The Balaban J connectivity index is 1.63. The number of aryl methyl sites for hydroxylation is 1. The predicted molar refractivity (Wildman–Crippen MR) is 88.2 cm³/mol. The number of thiazole rings is 1. The standard InChI is InChI=1S/C15H17N5OS/c1-3-14-19-13(8-22-14)9(2)17-15(21)18-11-4-5-12-10(6-11)7-16-20-12/h4-9H,3H2,1-2H3,(H,16,20)(H2,17,18,21). The first-order valence-electron chi connectivity index (χ1n) is 7.10. The number of hydrogen-bond acceptors (Lipinski definition) is 4. The first-order valence-corrected chi connectivity index (χ1v) is 7.98. The molecule has 1 atom stereocenters. The molecule has 0 bridgehead atoms. The Labute approximate surface area is 132 Å². The summed E-state index contributed by atoms with van der Waals surface area (Å²) < 4.78 is 0. The molecule has 0 spiro atoms. The number of hydrogen-bond donors (Lipinski definition) is 3. The molecule has 0 aliphatic rings. The van der Waals surface area contributed by atoms with Crippen LogP contribution in [-0.4, -0.2) is 21.2 Å². The van der Waals surface area contributed by atoms with E-state index in [0.29, 0.717) is 0 Å². The average molecular weight is 315 g/mol. The van der Waals surface area contributed by atoms with Gasteiger partial charge in [-0.15, -0.1) is 11.3 Å². The maximum absolute atomic E-state index is 12.1. The van der Waals surface area contributed by atoms with Gasteiger partial charge in [0.15, 0.2) is 0 Å². The third kappa shape index (κ3) is 3.09. The zero-order chi connectivity index (χ0) is 15.5. The van der Waals surface area contributed by atoms with Crippen LogP contribution in [0.4, 0.5) is 10.5 Å². The highest BCUT2D eigenvalue weighted by atomic mass is 32.1. The Morgan fingerprint density at radius 3 is 3.09 bits per heavy atom. The summed E-state index contributed by atoms with van der Waals surface area (Å²) in [4.78, 5) is 16.6. The average Bonchev–Trinajstić information content (AvgIpc) is 3.15. The highest BCUT2D eigenvalue weighted by molar-refractivity contribution is 7.09. The number of aromatic nitrogens is 3. The topological polar surface area (TPSA) is 82.7 Å². The molecule has 2 amide bonds. The van der Waals surface area contributed by atoms with Crippen LogP contribution in [-0.2, 0) is 6.42 Å². The van der Waals surface area contributed by atoms with Gasteiger partial charge in [0.25, 0.3) is 0 Å². The van der Waals surface area contributed by atoms with Crippen molar-refractivity contribution in [1.29, 1.82) is 0 Å². The van der Waals surface area contributed by atoms with Gasteiger partial charge in [-0.3, -0.25) is 5.10 Å². The van der Waals surface area contributed by atoms with Crippen molar-refractivity contribution >= 4 is 34.0 Å². The summed E-state index contributed by atoms with van der Waals surface area (Å²) in [6, 6.07) is 5.22. The van der Waals surface area contributed by atoms with Gasteiger partial charge in [0.2, 0.25) is 0 Å². The minimum Gasteiger partial charge on any atom is -0.330 e. The van der Waals surface area contributed by atoms with E-state index in [4.69, 9.17) is 0 Å². The smallest absolute Gasteiger partial charge is 0.319 e. The molecule has 3 rings (SSSR count). The number of H-pyrrole nitrogens is 1. The predicted octanol–water partition coefficient (Wildman–Crippen LogP) is 3.46. The second kappa shape index (κ2) is 6.15. The second-order valence-electron chi connectivity index (χ2n) is 5.01. The van der Waals surface area contributed by atoms with Crippen LogP contribution >= 0.6 is 11.3 Å². The zero-order valence-electron chi connectivity index (χ0n) is 12.4. The maximum Gasteiger partial charge on any atom is 0.319 e. The summed E-state index contributed by atoms with van der Waals surface area (Å²) in [5, 5.41) is 16.6. The number of nitrogens with one attached hydrogen (secondary N) is 3. The fraction of sp³-hybridized carbons (Fsp3) is 0.267. The van der Waals surface area contributed by atoms with Gasteiger partial charge in [0, 0.05) is 16.5 Å². The van der Waals surface area contributed by atoms with Crippen LogP contribution in [0.1, 0.15) is 30.6 Å². The van der Waals surface area contributed by atoms with E-state index in [1.807, 2.05) is 30.5 Å². The second-order valence-corrected chi connectivity index (χ2v) is 5.95. The molecule has 0 saturated heterocycles.